The number of nitro benzene ring substituents is 1. The molecule has 29 heavy (non-hydrogen) atoms. The number of aliphatic hydroxyl groups is 1. The molecule has 0 saturated heterocycles. The number of rotatable bonds is 12. The molecule has 2 rings (SSSR count). The van der Waals surface area contributed by atoms with Crippen LogP contribution >= 0.6 is 0 Å². The van der Waals surface area contributed by atoms with Crippen molar-refractivity contribution in [3.05, 3.63) is 27.8 Å². The highest BCUT2D eigenvalue weighted by atomic mass is 16.6. The number of alkyl carbamates (subject to hydrolysis) is 1. The smallest absolute Gasteiger partial charge is 0.407 e. The average molecular weight is 412 g/mol. The van der Waals surface area contributed by atoms with Gasteiger partial charge in [-0.25, -0.2) is 4.79 Å². The summed E-state index contributed by atoms with van der Waals surface area (Å²) < 4.78 is 15.4. The molecule has 0 saturated carbocycles. The standard InChI is InChI=1S/C18H28N4O7/c1-2-27-7-8-28-9-10-29-18(24)20-4-6-21-5-3-19-15-12-16(22(25)26)14(13-23)11-17(15)21/h11-12,19,23H,2-10,13H2,1H3,(H,20,24). The van der Waals surface area contributed by atoms with E-state index in [0.29, 0.717) is 58.3 Å². The molecule has 1 amide bonds. The topological polar surface area (TPSA) is 135 Å². The largest absolute Gasteiger partial charge is 0.447 e. The molecule has 1 aromatic rings. The van der Waals surface area contributed by atoms with E-state index in [-0.39, 0.29) is 17.9 Å². The van der Waals surface area contributed by atoms with E-state index >= 15 is 0 Å². The molecular weight excluding hydrogens is 384 g/mol. The summed E-state index contributed by atoms with van der Waals surface area (Å²) in [5.74, 6) is 0. The number of hydrogen-bond acceptors (Lipinski definition) is 9. The second-order valence-electron chi connectivity index (χ2n) is 6.20. The molecule has 1 heterocycles. The number of benzene rings is 1. The van der Waals surface area contributed by atoms with Crippen molar-refractivity contribution in [2.24, 2.45) is 0 Å². The fraction of sp³-hybridized carbons (Fsp3) is 0.611. The van der Waals surface area contributed by atoms with Crippen LogP contribution in [0, 0.1) is 10.1 Å². The molecule has 0 spiro atoms. The minimum absolute atomic E-state index is 0.120. The van der Waals surface area contributed by atoms with Gasteiger partial charge in [0.25, 0.3) is 5.69 Å². The number of ether oxygens (including phenoxy) is 3. The molecule has 1 aliphatic rings. The Morgan fingerprint density at radius 2 is 2.07 bits per heavy atom. The van der Waals surface area contributed by atoms with Crippen LogP contribution in [0.15, 0.2) is 12.1 Å². The maximum atomic E-state index is 11.7. The molecule has 1 aliphatic heterocycles. The molecule has 0 bridgehead atoms. The van der Waals surface area contributed by atoms with Crippen LogP contribution in [0.1, 0.15) is 12.5 Å². The van der Waals surface area contributed by atoms with Crippen LogP contribution in [0.5, 0.6) is 0 Å². The van der Waals surface area contributed by atoms with Gasteiger partial charge in [-0.1, -0.05) is 0 Å². The number of carbonyl (C=O) groups is 1. The highest BCUT2D eigenvalue weighted by molar-refractivity contribution is 5.76. The van der Waals surface area contributed by atoms with E-state index < -0.39 is 17.6 Å². The molecule has 0 fully saturated rings. The summed E-state index contributed by atoms with van der Waals surface area (Å²) in [5.41, 5.74) is 1.51. The van der Waals surface area contributed by atoms with E-state index in [4.69, 9.17) is 14.2 Å². The van der Waals surface area contributed by atoms with E-state index in [1.54, 1.807) is 6.07 Å². The van der Waals surface area contributed by atoms with Crippen LogP contribution in [-0.4, -0.2) is 75.3 Å². The first-order valence-corrected chi connectivity index (χ1v) is 9.54. The monoisotopic (exact) mass is 412 g/mol. The van der Waals surface area contributed by atoms with Crippen LogP contribution in [0.3, 0.4) is 0 Å². The van der Waals surface area contributed by atoms with Gasteiger partial charge in [0.15, 0.2) is 0 Å². The van der Waals surface area contributed by atoms with Crippen LogP contribution in [-0.2, 0) is 20.8 Å². The third kappa shape index (κ3) is 7.04. The Bertz CT molecular complexity index is 686. The van der Waals surface area contributed by atoms with Crippen molar-refractivity contribution < 1.29 is 29.0 Å². The fourth-order valence-electron chi connectivity index (χ4n) is 2.90. The van der Waals surface area contributed by atoms with E-state index in [1.807, 2.05) is 11.8 Å². The third-order valence-electron chi connectivity index (χ3n) is 4.29. The zero-order valence-electron chi connectivity index (χ0n) is 16.5. The molecule has 1 aromatic carbocycles. The van der Waals surface area contributed by atoms with Gasteiger partial charge in [-0.2, -0.15) is 0 Å². The van der Waals surface area contributed by atoms with Gasteiger partial charge in [0.1, 0.15) is 6.61 Å². The lowest BCUT2D eigenvalue weighted by Gasteiger charge is -2.32. The summed E-state index contributed by atoms with van der Waals surface area (Å²) in [7, 11) is 0. The highest BCUT2D eigenvalue weighted by Gasteiger charge is 2.23. The first kappa shape index (κ1) is 22.7. The maximum Gasteiger partial charge on any atom is 0.407 e. The number of aliphatic hydroxyl groups excluding tert-OH is 1. The van der Waals surface area contributed by atoms with E-state index in [1.165, 1.54) is 6.07 Å². The average Bonchev–Trinajstić information content (AvgIpc) is 2.72. The highest BCUT2D eigenvalue weighted by Crippen LogP contribution is 2.35. The number of anilines is 2. The lowest BCUT2D eigenvalue weighted by molar-refractivity contribution is -0.385. The Kier molecular flexibility index (Phi) is 9.41. The normalized spacial score (nSPS) is 12.8. The Morgan fingerprint density at radius 1 is 1.31 bits per heavy atom. The quantitative estimate of drug-likeness (QED) is 0.262. The van der Waals surface area contributed by atoms with Gasteiger partial charge in [0, 0.05) is 38.9 Å². The summed E-state index contributed by atoms with van der Waals surface area (Å²) in [5, 5.41) is 26.4. The first-order valence-electron chi connectivity index (χ1n) is 9.54. The number of nitrogens with zero attached hydrogens (tertiary/aromatic N) is 2. The minimum Gasteiger partial charge on any atom is -0.447 e. The van der Waals surface area contributed by atoms with E-state index in [2.05, 4.69) is 10.6 Å². The number of nitro groups is 1. The zero-order valence-corrected chi connectivity index (χ0v) is 16.5. The van der Waals surface area contributed by atoms with Gasteiger partial charge in [-0.15, -0.1) is 0 Å². The maximum absolute atomic E-state index is 11.7. The first-order chi connectivity index (χ1) is 14.1. The number of carbonyl (C=O) groups excluding carboxylic acids is 1. The van der Waals surface area contributed by atoms with Gasteiger partial charge < -0.3 is 34.9 Å². The van der Waals surface area contributed by atoms with Gasteiger partial charge >= 0.3 is 6.09 Å². The molecule has 0 atom stereocenters. The number of amides is 1. The summed E-state index contributed by atoms with van der Waals surface area (Å²) in [4.78, 5) is 24.4. The minimum atomic E-state index is -0.534. The van der Waals surface area contributed by atoms with Crippen molar-refractivity contribution in [1.29, 1.82) is 0 Å². The molecule has 0 radical (unpaired) electrons. The van der Waals surface area contributed by atoms with Crippen LogP contribution in [0.25, 0.3) is 0 Å². The Labute approximate surface area is 169 Å². The molecule has 0 aromatic heterocycles. The third-order valence-corrected chi connectivity index (χ3v) is 4.29. The van der Waals surface area contributed by atoms with Crippen LogP contribution in [0.4, 0.5) is 21.9 Å². The van der Waals surface area contributed by atoms with Gasteiger partial charge in [0.05, 0.1) is 48.3 Å². The summed E-state index contributed by atoms with van der Waals surface area (Å²) in [6.45, 7) is 5.66. The van der Waals surface area contributed by atoms with Gasteiger partial charge in [0.2, 0.25) is 0 Å². The SMILES string of the molecule is CCOCCOCCOC(=O)NCCN1CCNc2cc([N+](=O)[O-])c(CO)cc21. The summed E-state index contributed by atoms with van der Waals surface area (Å²) in [6, 6.07) is 3.04. The molecule has 3 N–H and O–H groups in total. The summed E-state index contributed by atoms with van der Waals surface area (Å²) in [6.07, 6.45) is -0.534. The van der Waals surface area contributed by atoms with Crippen molar-refractivity contribution in [2.75, 3.05) is 69.4 Å². The molecule has 11 heteroatoms. The Balaban J connectivity index is 1.76. The second-order valence-corrected chi connectivity index (χ2v) is 6.20. The van der Waals surface area contributed by atoms with Gasteiger partial charge in [-0.05, 0) is 13.0 Å². The van der Waals surface area contributed by atoms with Crippen LogP contribution in [0.2, 0.25) is 0 Å². The van der Waals surface area contributed by atoms with Crippen molar-refractivity contribution in [3.63, 3.8) is 0 Å². The van der Waals surface area contributed by atoms with Crippen molar-refractivity contribution in [2.45, 2.75) is 13.5 Å². The fourth-order valence-corrected chi connectivity index (χ4v) is 2.90. The van der Waals surface area contributed by atoms with E-state index in [9.17, 15) is 20.0 Å². The zero-order chi connectivity index (χ0) is 21.1. The van der Waals surface area contributed by atoms with E-state index in [0.717, 1.165) is 5.69 Å². The van der Waals surface area contributed by atoms with Gasteiger partial charge in [-0.3, -0.25) is 10.1 Å². The van der Waals surface area contributed by atoms with Crippen molar-refractivity contribution >= 4 is 23.2 Å². The second kappa shape index (κ2) is 12.0. The summed E-state index contributed by atoms with van der Waals surface area (Å²) >= 11 is 0. The predicted molar refractivity (Wildman–Crippen MR) is 106 cm³/mol. The lowest BCUT2D eigenvalue weighted by Crippen LogP contribution is -2.40. The molecule has 0 aliphatic carbocycles. The molecule has 162 valence electrons. The van der Waals surface area contributed by atoms with Crippen molar-refractivity contribution in [1.82, 2.24) is 5.32 Å². The molecule has 0 unspecified atom stereocenters. The number of fused-ring (bicyclic) bond motifs is 1. The Morgan fingerprint density at radius 3 is 2.79 bits per heavy atom. The van der Waals surface area contributed by atoms with Crippen LogP contribution < -0.4 is 15.5 Å². The Hall–Kier alpha value is -2.63. The number of nitrogens with one attached hydrogen (secondary N) is 2. The molecule has 11 nitrogen and oxygen atoms in total. The number of hydrogen-bond donors (Lipinski definition) is 3. The lowest BCUT2D eigenvalue weighted by atomic mass is 10.1. The van der Waals surface area contributed by atoms with Crippen molar-refractivity contribution in [3.8, 4) is 0 Å². The molecular formula is C18H28N4O7. The predicted octanol–water partition coefficient (Wildman–Crippen LogP) is 1.10.